The first-order valence-corrected chi connectivity index (χ1v) is 8.25. The normalized spacial score (nSPS) is 16.9. The largest absolute Gasteiger partial charge is 0.249 e. The second-order valence-electron chi connectivity index (χ2n) is 6.40. The Labute approximate surface area is 141 Å². The summed E-state index contributed by atoms with van der Waals surface area (Å²) in [6.07, 6.45) is 9.57. The first kappa shape index (κ1) is 14.8. The smallest absolute Gasteiger partial charge is 0.180 e. The molecule has 0 aliphatic heterocycles. The van der Waals surface area contributed by atoms with Gasteiger partial charge in [0.15, 0.2) is 5.65 Å². The summed E-state index contributed by atoms with van der Waals surface area (Å²) in [5.41, 5.74) is 6.37. The van der Waals surface area contributed by atoms with Crippen molar-refractivity contribution in [3.8, 4) is 11.3 Å². The lowest BCUT2D eigenvalue weighted by atomic mass is 9.93. The van der Waals surface area contributed by atoms with Gasteiger partial charge in [-0.2, -0.15) is 5.10 Å². The number of hydrogen-bond donors (Lipinski definition) is 0. The highest BCUT2D eigenvalue weighted by atomic mass is 15.3. The molecule has 1 aromatic carbocycles. The summed E-state index contributed by atoms with van der Waals surface area (Å²) < 4.78 is 1.84. The van der Waals surface area contributed by atoms with Crippen LogP contribution in [0.2, 0.25) is 0 Å². The Kier molecular flexibility index (Phi) is 3.53. The van der Waals surface area contributed by atoms with E-state index in [9.17, 15) is 0 Å². The van der Waals surface area contributed by atoms with Gasteiger partial charge in [0, 0.05) is 23.9 Å². The van der Waals surface area contributed by atoms with Crippen molar-refractivity contribution in [3.63, 3.8) is 0 Å². The van der Waals surface area contributed by atoms with E-state index < -0.39 is 0 Å². The summed E-state index contributed by atoms with van der Waals surface area (Å²) in [5.74, 6) is 0.299. The van der Waals surface area contributed by atoms with Gasteiger partial charge in [0.1, 0.15) is 0 Å². The van der Waals surface area contributed by atoms with E-state index in [1.165, 1.54) is 5.56 Å². The predicted octanol–water partition coefficient (Wildman–Crippen LogP) is 4.25. The number of aryl methyl sites for hydroxylation is 3. The van der Waals surface area contributed by atoms with Crippen LogP contribution in [0.4, 0.5) is 0 Å². The molecule has 3 aromatic rings. The van der Waals surface area contributed by atoms with Gasteiger partial charge in [0.05, 0.1) is 11.4 Å². The minimum atomic E-state index is 0.299. The van der Waals surface area contributed by atoms with Gasteiger partial charge in [0.2, 0.25) is 0 Å². The Hall–Kier alpha value is -2.75. The first-order chi connectivity index (χ1) is 11.6. The monoisotopic (exact) mass is 316 g/mol. The molecule has 2 heterocycles. The fourth-order valence-electron chi connectivity index (χ4n) is 3.33. The minimum absolute atomic E-state index is 0.299. The zero-order valence-corrected chi connectivity index (χ0v) is 14.2. The number of nitrogens with zero attached hydrogens (tertiary/aromatic N) is 4. The second kappa shape index (κ2) is 5.71. The van der Waals surface area contributed by atoms with Gasteiger partial charge in [0.25, 0.3) is 0 Å². The van der Waals surface area contributed by atoms with Crippen molar-refractivity contribution in [2.24, 2.45) is 7.05 Å². The lowest BCUT2D eigenvalue weighted by Gasteiger charge is -2.12. The Bertz CT molecular complexity index is 961. The van der Waals surface area contributed by atoms with Gasteiger partial charge in [-0.25, -0.2) is 4.68 Å². The third-order valence-corrected chi connectivity index (χ3v) is 4.68. The number of fused-ring (bicyclic) bond motifs is 1. The predicted molar refractivity (Wildman–Crippen MR) is 96.9 cm³/mol. The van der Waals surface area contributed by atoms with E-state index in [1.807, 2.05) is 11.7 Å². The molecule has 24 heavy (non-hydrogen) atoms. The number of aromatic nitrogens is 4. The van der Waals surface area contributed by atoms with Crippen molar-refractivity contribution in [3.05, 3.63) is 65.4 Å². The van der Waals surface area contributed by atoms with Gasteiger partial charge in [-0.1, -0.05) is 54.1 Å². The zero-order valence-electron chi connectivity index (χ0n) is 14.2. The van der Waals surface area contributed by atoms with Crippen LogP contribution < -0.4 is 0 Å². The lowest BCUT2D eigenvalue weighted by Crippen LogP contribution is -2.00. The maximum Gasteiger partial charge on any atom is 0.180 e. The van der Waals surface area contributed by atoms with Crippen molar-refractivity contribution >= 4 is 11.0 Å². The second-order valence-corrected chi connectivity index (χ2v) is 6.40. The Morgan fingerprint density at radius 3 is 2.54 bits per heavy atom. The lowest BCUT2D eigenvalue weighted by molar-refractivity contribution is 0.722. The third-order valence-electron chi connectivity index (χ3n) is 4.68. The van der Waals surface area contributed by atoms with Crippen LogP contribution in [-0.4, -0.2) is 20.0 Å². The van der Waals surface area contributed by atoms with Crippen molar-refractivity contribution in [1.29, 1.82) is 0 Å². The Balaban J connectivity index is 1.92. The molecule has 0 fully saturated rings. The summed E-state index contributed by atoms with van der Waals surface area (Å²) >= 11 is 0. The first-order valence-electron chi connectivity index (χ1n) is 8.25. The minimum Gasteiger partial charge on any atom is -0.249 e. The molecule has 0 bridgehead atoms. The molecule has 2 aromatic heterocycles. The maximum absolute atomic E-state index is 4.75. The SMILES string of the molecule is Cc1ccc(-c2nnc3c(c(C4C=CC=CC4)nn3C)c2C)cc1. The average Bonchev–Trinajstić information content (AvgIpc) is 2.95. The molecule has 4 rings (SSSR count). The highest BCUT2D eigenvalue weighted by Crippen LogP contribution is 2.34. The van der Waals surface area contributed by atoms with Crippen LogP contribution in [0.1, 0.15) is 29.2 Å². The molecule has 1 aliphatic rings. The fourth-order valence-corrected chi connectivity index (χ4v) is 3.33. The number of hydrogen-bond acceptors (Lipinski definition) is 3. The molecule has 1 unspecified atom stereocenters. The van der Waals surface area contributed by atoms with E-state index >= 15 is 0 Å². The summed E-state index contributed by atoms with van der Waals surface area (Å²) in [7, 11) is 1.94. The van der Waals surface area contributed by atoms with Crippen molar-refractivity contribution in [2.75, 3.05) is 0 Å². The number of rotatable bonds is 2. The number of benzene rings is 1. The Morgan fingerprint density at radius 1 is 1.04 bits per heavy atom. The summed E-state index contributed by atoms with van der Waals surface area (Å²) in [5, 5.41) is 14.8. The Morgan fingerprint density at radius 2 is 1.83 bits per heavy atom. The topological polar surface area (TPSA) is 43.6 Å². The highest BCUT2D eigenvalue weighted by Gasteiger charge is 2.22. The van der Waals surface area contributed by atoms with E-state index in [0.717, 1.165) is 40.0 Å². The zero-order chi connectivity index (χ0) is 16.7. The van der Waals surface area contributed by atoms with Gasteiger partial charge < -0.3 is 0 Å². The average molecular weight is 316 g/mol. The molecular formula is C20H20N4. The van der Waals surface area contributed by atoms with E-state index in [4.69, 9.17) is 5.10 Å². The van der Waals surface area contributed by atoms with Crippen LogP contribution in [0.15, 0.2) is 48.6 Å². The molecule has 0 spiro atoms. The summed E-state index contributed by atoms with van der Waals surface area (Å²) in [4.78, 5) is 0. The fraction of sp³-hybridized carbons (Fsp3) is 0.250. The van der Waals surface area contributed by atoms with Crippen molar-refractivity contribution in [1.82, 2.24) is 20.0 Å². The van der Waals surface area contributed by atoms with Crippen LogP contribution >= 0.6 is 0 Å². The molecule has 4 heteroatoms. The molecule has 0 amide bonds. The molecule has 0 N–H and O–H groups in total. The molecule has 0 radical (unpaired) electrons. The van der Waals surface area contributed by atoms with E-state index in [0.29, 0.717) is 5.92 Å². The van der Waals surface area contributed by atoms with Crippen molar-refractivity contribution in [2.45, 2.75) is 26.2 Å². The molecule has 0 saturated heterocycles. The molecule has 1 atom stereocenters. The van der Waals surface area contributed by atoms with Crippen LogP contribution in [0.25, 0.3) is 22.3 Å². The third kappa shape index (κ3) is 2.35. The van der Waals surface area contributed by atoms with Gasteiger partial charge in [-0.15, -0.1) is 10.2 Å². The van der Waals surface area contributed by atoms with Crippen LogP contribution in [0.3, 0.4) is 0 Å². The van der Waals surface area contributed by atoms with Gasteiger partial charge in [-0.05, 0) is 25.8 Å². The summed E-state index contributed by atoms with van der Waals surface area (Å²) in [6.45, 7) is 4.22. The molecular weight excluding hydrogens is 296 g/mol. The maximum atomic E-state index is 4.75. The molecule has 120 valence electrons. The van der Waals surface area contributed by atoms with Crippen LogP contribution in [0, 0.1) is 13.8 Å². The van der Waals surface area contributed by atoms with Crippen LogP contribution in [-0.2, 0) is 7.05 Å². The van der Waals surface area contributed by atoms with E-state index in [1.54, 1.807) is 0 Å². The standard InChI is InChI=1S/C20H20N4/c1-13-9-11-16(12-10-13)18-14(2)17-19(15-7-5-4-6-8-15)23-24(3)20(17)22-21-18/h4-7,9-12,15H,8H2,1-3H3. The van der Waals surface area contributed by atoms with E-state index in [-0.39, 0.29) is 0 Å². The van der Waals surface area contributed by atoms with Gasteiger partial charge in [-0.3, -0.25) is 0 Å². The van der Waals surface area contributed by atoms with Gasteiger partial charge >= 0.3 is 0 Å². The molecule has 4 nitrogen and oxygen atoms in total. The number of allylic oxidation sites excluding steroid dienone is 4. The van der Waals surface area contributed by atoms with Crippen molar-refractivity contribution < 1.29 is 0 Å². The quantitative estimate of drug-likeness (QED) is 0.710. The van der Waals surface area contributed by atoms with Crippen LogP contribution in [0.5, 0.6) is 0 Å². The highest BCUT2D eigenvalue weighted by molar-refractivity contribution is 5.87. The molecule has 0 saturated carbocycles. The summed E-state index contributed by atoms with van der Waals surface area (Å²) in [6, 6.07) is 8.44. The van der Waals surface area contributed by atoms with E-state index in [2.05, 4.69) is 72.6 Å². The molecule has 1 aliphatic carbocycles.